The van der Waals surface area contributed by atoms with Gasteiger partial charge in [-0.05, 0) is 38.3 Å². The van der Waals surface area contributed by atoms with Crippen LogP contribution >= 0.6 is 0 Å². The molecule has 1 N–H and O–H groups in total. The maximum atomic E-state index is 5.00. The summed E-state index contributed by atoms with van der Waals surface area (Å²) in [5.74, 6) is 0. The zero-order valence-electron chi connectivity index (χ0n) is 17.6. The number of nitrogens with zero attached hydrogens (tertiary/aromatic N) is 7. The number of hydrogen-bond acceptors (Lipinski definition) is 5. The first-order chi connectivity index (χ1) is 14.7. The van der Waals surface area contributed by atoms with Gasteiger partial charge in [0.15, 0.2) is 0 Å². The highest BCUT2D eigenvalue weighted by atomic mass is 15.3. The van der Waals surface area contributed by atoms with Gasteiger partial charge in [0.2, 0.25) is 0 Å². The summed E-state index contributed by atoms with van der Waals surface area (Å²) in [4.78, 5) is 5.00. The highest BCUT2D eigenvalue weighted by molar-refractivity contribution is 5.78. The third-order valence-electron chi connectivity index (χ3n) is 6.08. The summed E-state index contributed by atoms with van der Waals surface area (Å²) in [6.07, 6.45) is 16.3. The molecule has 0 aromatic carbocycles. The van der Waals surface area contributed by atoms with E-state index >= 15 is 0 Å². The smallest absolute Gasteiger partial charge is 0.0999 e. The van der Waals surface area contributed by atoms with Crippen molar-refractivity contribution in [1.29, 1.82) is 0 Å². The van der Waals surface area contributed by atoms with Crippen LogP contribution in [0.25, 0.3) is 28.0 Å². The zero-order valence-corrected chi connectivity index (χ0v) is 17.6. The van der Waals surface area contributed by atoms with Crippen molar-refractivity contribution in [2.75, 3.05) is 6.54 Å². The van der Waals surface area contributed by atoms with Gasteiger partial charge in [-0.2, -0.15) is 15.3 Å². The molecule has 0 amide bonds. The van der Waals surface area contributed by atoms with Crippen LogP contribution in [0.5, 0.6) is 0 Å². The van der Waals surface area contributed by atoms with E-state index in [0.717, 1.165) is 54.0 Å². The molecule has 4 aromatic heterocycles. The third kappa shape index (κ3) is 3.52. The van der Waals surface area contributed by atoms with Gasteiger partial charge in [-0.15, -0.1) is 0 Å². The lowest BCUT2D eigenvalue weighted by molar-refractivity contribution is 0.428. The molecule has 1 fully saturated rings. The molecule has 156 valence electrons. The monoisotopic (exact) mass is 404 g/mol. The Bertz CT molecular complexity index is 1130. The average Bonchev–Trinajstić information content (AvgIpc) is 3.55. The maximum absolute atomic E-state index is 5.00. The van der Waals surface area contributed by atoms with Gasteiger partial charge in [-0.1, -0.05) is 13.8 Å². The predicted octanol–water partition coefficient (Wildman–Crippen LogP) is 3.57. The van der Waals surface area contributed by atoms with E-state index in [4.69, 9.17) is 4.98 Å². The van der Waals surface area contributed by atoms with Crippen LogP contribution in [0.4, 0.5) is 0 Å². The van der Waals surface area contributed by atoms with E-state index in [9.17, 15) is 0 Å². The minimum atomic E-state index is 0.408. The van der Waals surface area contributed by atoms with Crippen molar-refractivity contribution in [3.8, 4) is 22.5 Å². The number of nitrogens with one attached hydrogen (secondary N) is 1. The molecule has 0 bridgehead atoms. The summed E-state index contributed by atoms with van der Waals surface area (Å²) < 4.78 is 5.96. The molecule has 0 saturated carbocycles. The molecule has 1 aliphatic rings. The number of hydrogen-bond donors (Lipinski definition) is 1. The summed E-state index contributed by atoms with van der Waals surface area (Å²) in [7, 11) is 0. The molecule has 1 aliphatic heterocycles. The molecule has 0 aliphatic carbocycles. The molecule has 8 heteroatoms. The van der Waals surface area contributed by atoms with Gasteiger partial charge in [-0.25, -0.2) is 9.50 Å². The van der Waals surface area contributed by atoms with Crippen molar-refractivity contribution < 1.29 is 0 Å². The minimum Gasteiger partial charge on any atom is -0.312 e. The number of fused-ring (bicyclic) bond motifs is 1. The van der Waals surface area contributed by atoms with Crippen molar-refractivity contribution >= 4 is 5.52 Å². The third-order valence-corrected chi connectivity index (χ3v) is 6.08. The van der Waals surface area contributed by atoms with Gasteiger partial charge in [-0.3, -0.25) is 9.36 Å². The van der Waals surface area contributed by atoms with E-state index in [1.54, 1.807) is 0 Å². The molecule has 5 rings (SSSR count). The van der Waals surface area contributed by atoms with Crippen molar-refractivity contribution in [3.05, 3.63) is 43.2 Å². The largest absolute Gasteiger partial charge is 0.312 e. The standard InChI is InChI=1S/C22H28N8/c1-3-19(4-2)29-13-17(11-26-29)22-21-7-9-24-30(21)15-20(27-22)16-10-25-28(12-16)14-18-6-5-8-23-18/h7,9-13,15,18-19,23H,3-6,8,14H2,1-2H3. The average molecular weight is 405 g/mol. The molecule has 1 saturated heterocycles. The summed E-state index contributed by atoms with van der Waals surface area (Å²) >= 11 is 0. The van der Waals surface area contributed by atoms with E-state index in [-0.39, 0.29) is 0 Å². The fourth-order valence-corrected chi connectivity index (χ4v) is 4.34. The van der Waals surface area contributed by atoms with Gasteiger partial charge >= 0.3 is 0 Å². The minimum absolute atomic E-state index is 0.408. The Labute approximate surface area is 175 Å². The first-order valence-corrected chi connectivity index (χ1v) is 10.9. The summed E-state index contributed by atoms with van der Waals surface area (Å²) in [5.41, 5.74) is 4.75. The molecule has 8 nitrogen and oxygen atoms in total. The van der Waals surface area contributed by atoms with Crippen LogP contribution in [-0.2, 0) is 6.54 Å². The Balaban J connectivity index is 1.50. The van der Waals surface area contributed by atoms with E-state index < -0.39 is 0 Å². The summed E-state index contributed by atoms with van der Waals surface area (Å²) in [6, 6.07) is 2.91. The Morgan fingerprint density at radius 1 is 1.07 bits per heavy atom. The lowest BCUT2D eigenvalue weighted by Crippen LogP contribution is -2.26. The fourth-order valence-electron chi connectivity index (χ4n) is 4.34. The van der Waals surface area contributed by atoms with Crippen LogP contribution in [0.3, 0.4) is 0 Å². The molecule has 5 heterocycles. The van der Waals surface area contributed by atoms with Gasteiger partial charge in [0, 0.05) is 29.6 Å². The molecular formula is C22H28N8. The number of rotatable bonds is 7. The predicted molar refractivity (Wildman–Crippen MR) is 116 cm³/mol. The maximum Gasteiger partial charge on any atom is 0.0999 e. The van der Waals surface area contributed by atoms with Gasteiger partial charge in [0.05, 0.1) is 54.3 Å². The fraction of sp³-hybridized carbons (Fsp3) is 0.455. The normalized spacial score (nSPS) is 16.8. The summed E-state index contributed by atoms with van der Waals surface area (Å²) in [5, 5.41) is 17.2. The summed E-state index contributed by atoms with van der Waals surface area (Å²) in [6.45, 7) is 6.38. The molecule has 0 spiro atoms. The lowest BCUT2D eigenvalue weighted by atomic mass is 10.1. The van der Waals surface area contributed by atoms with Gasteiger partial charge in [0.25, 0.3) is 0 Å². The van der Waals surface area contributed by atoms with Crippen LogP contribution in [0.15, 0.2) is 43.2 Å². The van der Waals surface area contributed by atoms with Crippen LogP contribution < -0.4 is 5.32 Å². The highest BCUT2D eigenvalue weighted by Gasteiger charge is 2.17. The van der Waals surface area contributed by atoms with Crippen LogP contribution in [0, 0.1) is 0 Å². The van der Waals surface area contributed by atoms with Crippen molar-refractivity contribution in [2.24, 2.45) is 0 Å². The highest BCUT2D eigenvalue weighted by Crippen LogP contribution is 2.28. The molecule has 4 aromatic rings. The molecule has 1 atom stereocenters. The second kappa shape index (κ2) is 8.02. The molecule has 0 radical (unpaired) electrons. The topological polar surface area (TPSA) is 77.9 Å². The lowest BCUT2D eigenvalue weighted by Gasteiger charge is -2.12. The molecule has 30 heavy (non-hydrogen) atoms. The Morgan fingerprint density at radius 3 is 2.73 bits per heavy atom. The SMILES string of the molecule is CCC(CC)n1cc(-c2nc(-c3cnn(CC4CCCN4)c3)cn3nccc23)cn1. The second-order valence-electron chi connectivity index (χ2n) is 8.06. The first kappa shape index (κ1) is 19.0. The van der Waals surface area contributed by atoms with Gasteiger partial charge in [0.1, 0.15) is 0 Å². The van der Waals surface area contributed by atoms with E-state index in [0.29, 0.717) is 12.1 Å². The second-order valence-corrected chi connectivity index (χ2v) is 8.06. The van der Waals surface area contributed by atoms with Crippen molar-refractivity contribution in [2.45, 2.75) is 58.2 Å². The van der Waals surface area contributed by atoms with E-state index in [1.807, 2.05) is 40.1 Å². The zero-order chi connectivity index (χ0) is 20.5. The Morgan fingerprint density at radius 2 is 1.93 bits per heavy atom. The van der Waals surface area contributed by atoms with Crippen LogP contribution in [-0.4, -0.2) is 46.7 Å². The van der Waals surface area contributed by atoms with E-state index in [2.05, 4.69) is 51.5 Å². The van der Waals surface area contributed by atoms with Crippen molar-refractivity contribution in [3.63, 3.8) is 0 Å². The van der Waals surface area contributed by atoms with Crippen molar-refractivity contribution in [1.82, 2.24) is 39.5 Å². The molecular weight excluding hydrogens is 376 g/mol. The van der Waals surface area contributed by atoms with Gasteiger partial charge < -0.3 is 5.32 Å². The Hall–Kier alpha value is -3.00. The quantitative estimate of drug-likeness (QED) is 0.509. The first-order valence-electron chi connectivity index (χ1n) is 10.9. The Kier molecular flexibility index (Phi) is 5.08. The van der Waals surface area contributed by atoms with E-state index in [1.165, 1.54) is 12.8 Å². The van der Waals surface area contributed by atoms with Crippen LogP contribution in [0.2, 0.25) is 0 Å². The number of aromatic nitrogens is 7. The van der Waals surface area contributed by atoms with Crippen LogP contribution in [0.1, 0.15) is 45.6 Å². The molecule has 1 unspecified atom stereocenters.